The highest BCUT2D eigenvalue weighted by Gasteiger charge is 2.21. The fraction of sp³-hybridized carbons (Fsp3) is 0.316. The molecule has 0 aliphatic rings. The lowest BCUT2D eigenvalue weighted by atomic mass is 10.0. The van der Waals surface area contributed by atoms with Crippen molar-refractivity contribution in [1.29, 1.82) is 0 Å². The highest BCUT2D eigenvalue weighted by molar-refractivity contribution is 7.80. The lowest BCUT2D eigenvalue weighted by molar-refractivity contribution is -0.890. The van der Waals surface area contributed by atoms with Crippen LogP contribution in [0.3, 0.4) is 0 Å². The summed E-state index contributed by atoms with van der Waals surface area (Å²) in [4.78, 5) is 1.29. The van der Waals surface area contributed by atoms with Crippen molar-refractivity contribution < 1.29 is 9.64 Å². The van der Waals surface area contributed by atoms with Crippen LogP contribution in [0.2, 0.25) is 5.02 Å². The maximum atomic E-state index is 6.16. The van der Waals surface area contributed by atoms with Crippen molar-refractivity contribution in [2.45, 2.75) is 13.0 Å². The van der Waals surface area contributed by atoms with Gasteiger partial charge in [0.25, 0.3) is 0 Å². The molecule has 2 aromatic carbocycles. The summed E-state index contributed by atoms with van der Waals surface area (Å²) in [5, 5.41) is 7.77. The van der Waals surface area contributed by atoms with E-state index in [0.717, 1.165) is 27.6 Å². The number of quaternary nitrogens is 1. The SMILES string of the molecule is COc1ccccc1[C@H](CNC(=S)Nc1ccc(C)c(Cl)c1)[NH+](C)C. The Morgan fingerprint density at radius 1 is 1.24 bits per heavy atom. The Bertz CT molecular complexity index is 736. The summed E-state index contributed by atoms with van der Waals surface area (Å²) in [6.07, 6.45) is 0. The number of nitrogens with one attached hydrogen (secondary N) is 3. The van der Waals surface area contributed by atoms with Crippen LogP contribution in [0.15, 0.2) is 42.5 Å². The number of likely N-dealkylation sites (N-methyl/N-ethyl adjacent to an activating group) is 1. The highest BCUT2D eigenvalue weighted by atomic mass is 35.5. The molecule has 0 heterocycles. The summed E-state index contributed by atoms with van der Waals surface area (Å²) in [6, 6.07) is 14.1. The largest absolute Gasteiger partial charge is 0.496 e. The zero-order chi connectivity index (χ0) is 18.4. The van der Waals surface area contributed by atoms with Crippen LogP contribution >= 0.6 is 23.8 Å². The average molecular weight is 379 g/mol. The van der Waals surface area contributed by atoms with Crippen molar-refractivity contribution in [1.82, 2.24) is 5.32 Å². The monoisotopic (exact) mass is 378 g/mol. The molecule has 0 saturated carbocycles. The van der Waals surface area contributed by atoms with Crippen molar-refractivity contribution >= 4 is 34.6 Å². The van der Waals surface area contributed by atoms with E-state index in [2.05, 4.69) is 30.8 Å². The minimum Gasteiger partial charge on any atom is -0.496 e. The Morgan fingerprint density at radius 2 is 1.96 bits per heavy atom. The Labute approximate surface area is 160 Å². The molecule has 0 aliphatic heterocycles. The smallest absolute Gasteiger partial charge is 0.171 e. The Balaban J connectivity index is 2.03. The number of hydrogen-bond acceptors (Lipinski definition) is 2. The summed E-state index contributed by atoms with van der Waals surface area (Å²) in [5.74, 6) is 0.889. The van der Waals surface area contributed by atoms with Gasteiger partial charge in [0.05, 0.1) is 33.3 Å². The standard InChI is InChI=1S/C19H24ClN3OS/c1-13-9-10-14(11-16(13)20)22-19(25)21-12-17(23(2)3)15-7-5-6-8-18(15)24-4/h5-11,17H,12H2,1-4H3,(H2,21,22,25)/p+1/t17-/m0/s1. The molecule has 0 bridgehead atoms. The quantitative estimate of drug-likeness (QED) is 0.676. The van der Waals surface area contributed by atoms with Gasteiger partial charge in [-0.1, -0.05) is 29.8 Å². The molecule has 0 unspecified atom stereocenters. The first kappa shape index (κ1) is 19.5. The number of aryl methyl sites for hydroxylation is 1. The second-order valence-corrected chi connectivity index (χ2v) is 6.99. The van der Waals surface area contributed by atoms with Crippen molar-refractivity contribution in [3.05, 3.63) is 58.6 Å². The molecular weight excluding hydrogens is 354 g/mol. The van der Waals surface area contributed by atoms with Crippen LogP contribution in [0, 0.1) is 6.92 Å². The molecule has 1 atom stereocenters. The fourth-order valence-corrected chi connectivity index (χ4v) is 3.00. The van der Waals surface area contributed by atoms with Gasteiger partial charge in [0.1, 0.15) is 11.8 Å². The molecule has 6 heteroatoms. The lowest BCUT2D eigenvalue weighted by Gasteiger charge is -2.24. The third-order valence-corrected chi connectivity index (χ3v) is 4.76. The van der Waals surface area contributed by atoms with Gasteiger partial charge in [0, 0.05) is 10.7 Å². The third-order valence-electron chi connectivity index (χ3n) is 4.11. The number of para-hydroxylation sites is 1. The second-order valence-electron chi connectivity index (χ2n) is 6.17. The number of methoxy groups -OCH3 is 1. The predicted molar refractivity (Wildman–Crippen MR) is 109 cm³/mol. The van der Waals surface area contributed by atoms with E-state index in [4.69, 9.17) is 28.6 Å². The van der Waals surface area contributed by atoms with Gasteiger partial charge < -0.3 is 20.3 Å². The second kappa shape index (κ2) is 9.04. The molecule has 2 aromatic rings. The zero-order valence-corrected chi connectivity index (χ0v) is 16.6. The van der Waals surface area contributed by atoms with E-state index >= 15 is 0 Å². The number of hydrogen-bond donors (Lipinski definition) is 3. The van der Waals surface area contributed by atoms with Gasteiger partial charge in [0.2, 0.25) is 0 Å². The highest BCUT2D eigenvalue weighted by Crippen LogP contribution is 2.23. The molecule has 0 aliphatic carbocycles. The van der Waals surface area contributed by atoms with Crippen LogP contribution in [0.5, 0.6) is 5.75 Å². The molecule has 0 radical (unpaired) electrons. The van der Waals surface area contributed by atoms with Crippen molar-refractivity contribution in [3.8, 4) is 5.75 Å². The van der Waals surface area contributed by atoms with Gasteiger partial charge in [-0.25, -0.2) is 0 Å². The number of benzene rings is 2. The van der Waals surface area contributed by atoms with Crippen LogP contribution in [-0.2, 0) is 0 Å². The Kier molecular flexibility index (Phi) is 7.05. The lowest BCUT2D eigenvalue weighted by Crippen LogP contribution is -3.07. The van der Waals surface area contributed by atoms with Crippen LogP contribution in [0.1, 0.15) is 17.2 Å². The number of halogens is 1. The summed E-state index contributed by atoms with van der Waals surface area (Å²) < 4.78 is 5.50. The van der Waals surface area contributed by atoms with Crippen LogP contribution in [0.25, 0.3) is 0 Å². The maximum absolute atomic E-state index is 6.16. The van der Waals surface area contributed by atoms with Gasteiger partial charge in [-0.05, 0) is 49.0 Å². The molecule has 0 saturated heterocycles. The molecule has 25 heavy (non-hydrogen) atoms. The first-order chi connectivity index (χ1) is 11.9. The summed E-state index contributed by atoms with van der Waals surface area (Å²) in [6.45, 7) is 2.66. The van der Waals surface area contributed by atoms with Crippen LogP contribution < -0.4 is 20.3 Å². The van der Waals surface area contributed by atoms with Gasteiger partial charge in [0.15, 0.2) is 5.11 Å². The van der Waals surface area contributed by atoms with Crippen molar-refractivity contribution in [2.24, 2.45) is 0 Å². The molecule has 0 amide bonds. The maximum Gasteiger partial charge on any atom is 0.171 e. The van der Waals surface area contributed by atoms with Gasteiger partial charge in [-0.2, -0.15) is 0 Å². The Morgan fingerprint density at radius 3 is 2.60 bits per heavy atom. The molecule has 0 spiro atoms. The topological polar surface area (TPSA) is 37.7 Å². The van der Waals surface area contributed by atoms with E-state index in [0.29, 0.717) is 11.7 Å². The fourth-order valence-electron chi connectivity index (χ4n) is 2.62. The zero-order valence-electron chi connectivity index (χ0n) is 15.0. The number of ether oxygens (including phenoxy) is 1. The van der Waals surface area contributed by atoms with Crippen molar-refractivity contribution in [3.63, 3.8) is 0 Å². The molecule has 3 N–H and O–H groups in total. The average Bonchev–Trinajstić information content (AvgIpc) is 2.58. The number of thiocarbonyl (C=S) groups is 1. The minimum absolute atomic E-state index is 0.206. The van der Waals surface area contributed by atoms with E-state index in [-0.39, 0.29) is 6.04 Å². The number of anilines is 1. The summed E-state index contributed by atoms with van der Waals surface area (Å²) in [7, 11) is 5.94. The van der Waals surface area contributed by atoms with E-state index in [9.17, 15) is 0 Å². The molecule has 4 nitrogen and oxygen atoms in total. The Hall–Kier alpha value is -1.82. The minimum atomic E-state index is 0.206. The molecule has 0 fully saturated rings. The van der Waals surface area contributed by atoms with Crippen molar-refractivity contribution in [2.75, 3.05) is 33.1 Å². The number of rotatable bonds is 6. The molecule has 134 valence electrons. The molecule has 2 rings (SSSR count). The third kappa shape index (κ3) is 5.33. The van der Waals surface area contributed by atoms with Crippen LogP contribution in [-0.4, -0.2) is 32.9 Å². The first-order valence-electron chi connectivity index (χ1n) is 8.16. The van der Waals surface area contributed by atoms with Gasteiger partial charge in [-0.3, -0.25) is 0 Å². The summed E-state index contributed by atoms with van der Waals surface area (Å²) >= 11 is 11.6. The van der Waals surface area contributed by atoms with Gasteiger partial charge in [-0.15, -0.1) is 0 Å². The van der Waals surface area contributed by atoms with E-state index in [1.54, 1.807) is 7.11 Å². The van der Waals surface area contributed by atoms with Crippen LogP contribution in [0.4, 0.5) is 5.69 Å². The summed E-state index contributed by atoms with van der Waals surface area (Å²) in [5.41, 5.74) is 3.07. The molecule has 0 aromatic heterocycles. The predicted octanol–water partition coefficient (Wildman–Crippen LogP) is 2.83. The van der Waals surface area contributed by atoms with E-state index in [1.165, 1.54) is 4.90 Å². The van der Waals surface area contributed by atoms with E-state index in [1.807, 2.05) is 43.3 Å². The van der Waals surface area contributed by atoms with Gasteiger partial charge >= 0.3 is 0 Å². The first-order valence-corrected chi connectivity index (χ1v) is 8.95. The normalized spacial score (nSPS) is 11.9. The van der Waals surface area contributed by atoms with E-state index < -0.39 is 0 Å². The molecular formula is C19H25ClN3OS+.